The van der Waals surface area contributed by atoms with Crippen LogP contribution in [0.5, 0.6) is 0 Å². The second-order valence-electron chi connectivity index (χ2n) is 6.29. The third kappa shape index (κ3) is 2.94. The van der Waals surface area contributed by atoms with E-state index in [1.807, 2.05) is 0 Å². The summed E-state index contributed by atoms with van der Waals surface area (Å²) in [5.41, 5.74) is 0.343. The van der Waals surface area contributed by atoms with Gasteiger partial charge in [0.05, 0.1) is 25.4 Å². The van der Waals surface area contributed by atoms with Crippen molar-refractivity contribution in [3.05, 3.63) is 0 Å². The van der Waals surface area contributed by atoms with E-state index in [0.717, 1.165) is 19.6 Å². The van der Waals surface area contributed by atoms with Crippen LogP contribution in [0.3, 0.4) is 0 Å². The molecule has 0 aliphatic carbocycles. The van der Waals surface area contributed by atoms with E-state index < -0.39 is 0 Å². The Morgan fingerprint density at radius 2 is 1.40 bits per heavy atom. The first kappa shape index (κ1) is 13.0. The zero-order valence-corrected chi connectivity index (χ0v) is 11.1. The molecular weight excluding hydrogens is 188 g/mol. The Labute approximate surface area is 94.3 Å². The molecule has 1 fully saturated rings. The molecule has 90 valence electrons. The largest absolute Gasteiger partial charge is 0.373 e. The molecule has 0 bridgehead atoms. The Balaban J connectivity index is 2.83. The van der Waals surface area contributed by atoms with Crippen LogP contribution in [0.1, 0.15) is 48.0 Å². The zero-order chi connectivity index (χ0) is 11.7. The van der Waals surface area contributed by atoms with Gasteiger partial charge in [0.15, 0.2) is 0 Å². The van der Waals surface area contributed by atoms with Crippen molar-refractivity contribution in [2.45, 2.75) is 60.2 Å². The highest BCUT2D eigenvalue weighted by Crippen LogP contribution is 2.39. The number of hydrogen-bond donors (Lipinski definition) is 0. The van der Waals surface area contributed by atoms with Crippen molar-refractivity contribution in [3.8, 4) is 0 Å². The van der Waals surface area contributed by atoms with Gasteiger partial charge in [-0.1, -0.05) is 41.5 Å². The van der Waals surface area contributed by atoms with Crippen LogP contribution in [0.2, 0.25) is 0 Å². The average Bonchev–Trinajstić information content (AvgIpc) is 2.16. The molecule has 2 atom stereocenters. The summed E-state index contributed by atoms with van der Waals surface area (Å²) in [6.07, 6.45) is 1.55. The second kappa shape index (κ2) is 4.42. The van der Waals surface area contributed by atoms with Crippen LogP contribution in [0.25, 0.3) is 0 Å². The van der Waals surface area contributed by atoms with E-state index in [1.54, 1.807) is 0 Å². The van der Waals surface area contributed by atoms with Crippen LogP contribution in [0.15, 0.2) is 0 Å². The molecule has 0 amide bonds. The summed E-state index contributed by atoms with van der Waals surface area (Å²) in [5.74, 6) is 0. The maximum absolute atomic E-state index is 5.95. The fourth-order valence-electron chi connectivity index (χ4n) is 2.07. The quantitative estimate of drug-likeness (QED) is 0.702. The van der Waals surface area contributed by atoms with Gasteiger partial charge in [0.25, 0.3) is 0 Å². The molecule has 1 rings (SSSR count). The standard InChI is InChI=1S/C13H26O2/c1-7-13(5,6)11-10(12(2,3)4)14-8-9-15-11/h10-11H,7-9H2,1-6H3. The van der Waals surface area contributed by atoms with Crippen LogP contribution >= 0.6 is 0 Å². The van der Waals surface area contributed by atoms with Crippen molar-refractivity contribution >= 4 is 0 Å². The van der Waals surface area contributed by atoms with Crippen LogP contribution in [0, 0.1) is 10.8 Å². The van der Waals surface area contributed by atoms with E-state index in [0.29, 0.717) is 0 Å². The Bertz CT molecular complexity index is 203. The van der Waals surface area contributed by atoms with Gasteiger partial charge in [0, 0.05) is 0 Å². The molecule has 2 nitrogen and oxygen atoms in total. The summed E-state index contributed by atoms with van der Waals surface area (Å²) >= 11 is 0. The summed E-state index contributed by atoms with van der Waals surface area (Å²) in [5, 5.41) is 0. The van der Waals surface area contributed by atoms with E-state index in [1.165, 1.54) is 0 Å². The SMILES string of the molecule is CCC(C)(C)C1OCCOC1C(C)(C)C. The molecule has 1 aliphatic heterocycles. The predicted octanol–water partition coefficient (Wildman–Crippen LogP) is 3.25. The molecular formula is C13H26O2. The second-order valence-corrected chi connectivity index (χ2v) is 6.29. The third-order valence-electron chi connectivity index (χ3n) is 3.49. The van der Waals surface area contributed by atoms with Crippen LogP contribution in [-0.2, 0) is 9.47 Å². The predicted molar refractivity (Wildman–Crippen MR) is 63.0 cm³/mol. The lowest BCUT2D eigenvalue weighted by molar-refractivity contribution is -0.208. The molecule has 2 unspecified atom stereocenters. The molecule has 0 radical (unpaired) electrons. The molecule has 0 aromatic heterocycles. The first-order valence-electron chi connectivity index (χ1n) is 6.02. The molecule has 0 spiro atoms. The van der Waals surface area contributed by atoms with Crippen molar-refractivity contribution in [1.82, 2.24) is 0 Å². The van der Waals surface area contributed by atoms with E-state index in [9.17, 15) is 0 Å². The Hall–Kier alpha value is -0.0800. The lowest BCUT2D eigenvalue weighted by Gasteiger charge is -2.46. The first-order chi connectivity index (χ1) is 6.79. The van der Waals surface area contributed by atoms with E-state index >= 15 is 0 Å². The van der Waals surface area contributed by atoms with Gasteiger partial charge in [-0.15, -0.1) is 0 Å². The lowest BCUT2D eigenvalue weighted by Crippen LogP contribution is -2.52. The highest BCUT2D eigenvalue weighted by atomic mass is 16.6. The third-order valence-corrected chi connectivity index (χ3v) is 3.49. The molecule has 0 N–H and O–H groups in total. The topological polar surface area (TPSA) is 18.5 Å². The maximum atomic E-state index is 5.95. The zero-order valence-electron chi connectivity index (χ0n) is 11.1. The summed E-state index contributed by atoms with van der Waals surface area (Å²) in [7, 11) is 0. The number of hydrogen-bond acceptors (Lipinski definition) is 2. The van der Waals surface area contributed by atoms with Gasteiger partial charge >= 0.3 is 0 Å². The van der Waals surface area contributed by atoms with Crippen LogP contribution in [0.4, 0.5) is 0 Å². The van der Waals surface area contributed by atoms with Gasteiger partial charge in [-0.25, -0.2) is 0 Å². The first-order valence-corrected chi connectivity index (χ1v) is 6.02. The maximum Gasteiger partial charge on any atom is 0.0893 e. The molecule has 1 saturated heterocycles. The summed E-state index contributed by atoms with van der Waals surface area (Å²) in [6, 6.07) is 0. The van der Waals surface area contributed by atoms with Crippen molar-refractivity contribution in [2.75, 3.05) is 13.2 Å². The van der Waals surface area contributed by atoms with Crippen molar-refractivity contribution in [1.29, 1.82) is 0 Å². The molecule has 1 heterocycles. The summed E-state index contributed by atoms with van der Waals surface area (Å²) in [4.78, 5) is 0. The van der Waals surface area contributed by atoms with Crippen molar-refractivity contribution < 1.29 is 9.47 Å². The van der Waals surface area contributed by atoms with Gasteiger partial charge in [-0.3, -0.25) is 0 Å². The Morgan fingerprint density at radius 1 is 0.933 bits per heavy atom. The number of ether oxygens (including phenoxy) is 2. The minimum atomic E-state index is 0.150. The fraction of sp³-hybridized carbons (Fsp3) is 1.00. The smallest absolute Gasteiger partial charge is 0.0893 e. The summed E-state index contributed by atoms with van der Waals surface area (Å²) < 4.78 is 11.9. The minimum absolute atomic E-state index is 0.150. The van der Waals surface area contributed by atoms with Crippen molar-refractivity contribution in [3.63, 3.8) is 0 Å². The molecule has 2 heteroatoms. The van der Waals surface area contributed by atoms with E-state index in [2.05, 4.69) is 41.5 Å². The highest BCUT2D eigenvalue weighted by Gasteiger charge is 2.43. The number of rotatable bonds is 2. The molecule has 0 aromatic carbocycles. The van der Waals surface area contributed by atoms with Gasteiger partial charge in [0.1, 0.15) is 0 Å². The average molecular weight is 214 g/mol. The van der Waals surface area contributed by atoms with Gasteiger partial charge < -0.3 is 9.47 Å². The minimum Gasteiger partial charge on any atom is -0.373 e. The normalized spacial score (nSPS) is 29.2. The molecule has 0 saturated carbocycles. The van der Waals surface area contributed by atoms with Gasteiger partial charge in [-0.05, 0) is 17.3 Å². The van der Waals surface area contributed by atoms with Crippen molar-refractivity contribution in [2.24, 2.45) is 10.8 Å². The van der Waals surface area contributed by atoms with Gasteiger partial charge in [0.2, 0.25) is 0 Å². The van der Waals surface area contributed by atoms with Crippen LogP contribution in [-0.4, -0.2) is 25.4 Å². The Kier molecular flexibility index (Phi) is 3.83. The molecule has 1 aliphatic rings. The molecule has 0 aromatic rings. The monoisotopic (exact) mass is 214 g/mol. The van der Waals surface area contributed by atoms with Crippen LogP contribution < -0.4 is 0 Å². The summed E-state index contributed by atoms with van der Waals surface area (Å²) in [6.45, 7) is 14.9. The highest BCUT2D eigenvalue weighted by molar-refractivity contribution is 4.92. The van der Waals surface area contributed by atoms with Gasteiger partial charge in [-0.2, -0.15) is 0 Å². The van der Waals surface area contributed by atoms with E-state index in [-0.39, 0.29) is 23.0 Å². The lowest BCUT2D eigenvalue weighted by atomic mass is 9.73. The van der Waals surface area contributed by atoms with E-state index in [4.69, 9.17) is 9.47 Å². The fourth-order valence-corrected chi connectivity index (χ4v) is 2.07. The Morgan fingerprint density at radius 3 is 1.80 bits per heavy atom. The molecule has 15 heavy (non-hydrogen) atoms.